The van der Waals surface area contributed by atoms with Crippen LogP contribution in [0.1, 0.15) is 11.1 Å². The zero-order valence-electron chi connectivity index (χ0n) is 18.8. The third-order valence-corrected chi connectivity index (χ3v) is 6.26. The Morgan fingerprint density at radius 1 is 0.879 bits per heavy atom. The van der Waals surface area contributed by atoms with E-state index in [4.69, 9.17) is 30.8 Å². The predicted molar refractivity (Wildman–Crippen MR) is 131 cm³/mol. The summed E-state index contributed by atoms with van der Waals surface area (Å²) in [7, 11) is 3.32. The molecule has 0 radical (unpaired) electrons. The second-order valence-electron chi connectivity index (χ2n) is 8.10. The summed E-state index contributed by atoms with van der Waals surface area (Å²) in [6, 6.07) is 19.7. The number of halogens is 1. The molecule has 0 bridgehead atoms. The van der Waals surface area contributed by atoms with Crippen molar-refractivity contribution in [2.24, 2.45) is 4.99 Å². The van der Waals surface area contributed by atoms with E-state index in [1.54, 1.807) is 14.2 Å². The van der Waals surface area contributed by atoms with E-state index in [9.17, 15) is 0 Å². The Balaban J connectivity index is 1.35. The summed E-state index contributed by atoms with van der Waals surface area (Å²) in [5, 5.41) is 0.670. The number of aliphatic imine (C=N–C) groups is 1. The van der Waals surface area contributed by atoms with Crippen molar-refractivity contribution in [3.63, 3.8) is 0 Å². The van der Waals surface area contributed by atoms with Crippen LogP contribution in [0.5, 0.6) is 23.0 Å². The van der Waals surface area contributed by atoms with Crippen LogP contribution in [-0.2, 0) is 6.54 Å². The third-order valence-electron chi connectivity index (χ3n) is 6.02. The second kappa shape index (κ2) is 9.33. The fourth-order valence-electron chi connectivity index (χ4n) is 4.29. The molecule has 0 saturated carbocycles. The van der Waals surface area contributed by atoms with Crippen molar-refractivity contribution in [1.82, 2.24) is 9.80 Å². The Labute approximate surface area is 199 Å². The number of amidine groups is 1. The minimum absolute atomic E-state index is 0.670. The van der Waals surface area contributed by atoms with Gasteiger partial charge in [0.1, 0.15) is 17.3 Å². The molecule has 0 unspecified atom stereocenters. The molecule has 7 heteroatoms. The Morgan fingerprint density at radius 3 is 2.45 bits per heavy atom. The lowest BCUT2D eigenvalue weighted by Crippen LogP contribution is -2.48. The maximum atomic E-state index is 6.35. The Morgan fingerprint density at radius 2 is 1.67 bits per heavy atom. The van der Waals surface area contributed by atoms with Crippen molar-refractivity contribution in [3.8, 4) is 23.0 Å². The topological polar surface area (TPSA) is 46.5 Å². The highest BCUT2D eigenvalue weighted by Gasteiger charge is 2.26. The van der Waals surface area contributed by atoms with Crippen molar-refractivity contribution in [2.75, 3.05) is 40.4 Å². The van der Waals surface area contributed by atoms with Crippen LogP contribution < -0.4 is 14.2 Å². The molecule has 0 N–H and O–H groups in total. The van der Waals surface area contributed by atoms with Gasteiger partial charge < -0.3 is 19.1 Å². The van der Waals surface area contributed by atoms with Crippen LogP contribution >= 0.6 is 11.6 Å². The molecule has 1 fully saturated rings. The van der Waals surface area contributed by atoms with Gasteiger partial charge in [0, 0.05) is 37.7 Å². The molecule has 6 nitrogen and oxygen atoms in total. The van der Waals surface area contributed by atoms with Gasteiger partial charge in [-0.05, 0) is 48.0 Å². The number of methoxy groups -OCH3 is 2. The second-order valence-corrected chi connectivity index (χ2v) is 8.53. The largest absolute Gasteiger partial charge is 0.493 e. The predicted octanol–water partition coefficient (Wildman–Crippen LogP) is 5.36. The molecular weight excluding hydrogens is 438 g/mol. The van der Waals surface area contributed by atoms with Crippen molar-refractivity contribution in [1.29, 1.82) is 0 Å². The van der Waals surface area contributed by atoms with Gasteiger partial charge in [-0.2, -0.15) is 0 Å². The molecule has 33 heavy (non-hydrogen) atoms. The highest BCUT2D eigenvalue weighted by Crippen LogP contribution is 2.39. The summed E-state index contributed by atoms with van der Waals surface area (Å²) in [5.74, 6) is 3.94. The number of para-hydroxylation sites is 2. The Kier molecular flexibility index (Phi) is 6.11. The van der Waals surface area contributed by atoms with E-state index in [1.807, 2.05) is 54.6 Å². The lowest BCUT2D eigenvalue weighted by Gasteiger charge is -2.36. The molecular formula is C26H26ClN3O3. The summed E-state index contributed by atoms with van der Waals surface area (Å²) in [4.78, 5) is 9.77. The van der Waals surface area contributed by atoms with Crippen molar-refractivity contribution >= 4 is 23.1 Å². The molecule has 0 aromatic heterocycles. The van der Waals surface area contributed by atoms with Crippen LogP contribution in [0, 0.1) is 0 Å². The minimum Gasteiger partial charge on any atom is -0.493 e. The molecule has 0 spiro atoms. The molecule has 5 rings (SSSR count). The summed E-state index contributed by atoms with van der Waals surface area (Å²) in [6.45, 7) is 4.42. The maximum absolute atomic E-state index is 6.35. The number of hydrogen-bond acceptors (Lipinski definition) is 6. The number of ether oxygens (including phenoxy) is 3. The monoisotopic (exact) mass is 463 g/mol. The van der Waals surface area contributed by atoms with E-state index in [0.717, 1.165) is 72.8 Å². The molecule has 0 aliphatic carbocycles. The van der Waals surface area contributed by atoms with E-state index in [-0.39, 0.29) is 0 Å². The normalized spacial score (nSPS) is 15.6. The fraction of sp³-hybridized carbons (Fsp3) is 0.269. The maximum Gasteiger partial charge on any atom is 0.161 e. The smallest absolute Gasteiger partial charge is 0.161 e. The zero-order chi connectivity index (χ0) is 22.8. The van der Waals surface area contributed by atoms with Crippen molar-refractivity contribution in [3.05, 3.63) is 76.8 Å². The third kappa shape index (κ3) is 4.49. The van der Waals surface area contributed by atoms with Gasteiger partial charge in [-0.3, -0.25) is 4.90 Å². The first-order chi connectivity index (χ1) is 16.1. The number of rotatable bonds is 4. The first-order valence-corrected chi connectivity index (χ1v) is 11.4. The molecule has 3 aromatic carbocycles. The summed E-state index contributed by atoms with van der Waals surface area (Å²) >= 11 is 6.35. The van der Waals surface area contributed by atoms with Crippen LogP contribution in [0.25, 0.3) is 0 Å². The van der Waals surface area contributed by atoms with Gasteiger partial charge in [0.15, 0.2) is 17.2 Å². The number of nitrogens with zero attached hydrogens (tertiary/aromatic N) is 3. The molecule has 2 aliphatic rings. The van der Waals surface area contributed by atoms with Crippen LogP contribution in [0.2, 0.25) is 5.02 Å². The summed E-state index contributed by atoms with van der Waals surface area (Å²) < 4.78 is 17.0. The average Bonchev–Trinajstić information content (AvgIpc) is 3.01. The van der Waals surface area contributed by atoms with Gasteiger partial charge >= 0.3 is 0 Å². The standard InChI is InChI=1S/C26H26ClN3O3/c1-31-24-9-7-18(15-25(24)32-2)17-29-11-13-30(14-12-29)26-20-16-19(27)8-10-22(20)33-23-6-4-3-5-21(23)28-26/h3-10,15-16H,11-14,17H2,1-2H3. The fourth-order valence-corrected chi connectivity index (χ4v) is 4.46. The number of piperazine rings is 1. The van der Waals surface area contributed by atoms with E-state index in [1.165, 1.54) is 5.56 Å². The van der Waals surface area contributed by atoms with Gasteiger partial charge in [0.2, 0.25) is 0 Å². The molecule has 170 valence electrons. The Bertz CT molecular complexity index is 1190. The highest BCUT2D eigenvalue weighted by molar-refractivity contribution is 6.31. The van der Waals surface area contributed by atoms with Crippen LogP contribution in [0.15, 0.2) is 65.7 Å². The van der Waals surface area contributed by atoms with Gasteiger partial charge in [-0.1, -0.05) is 29.8 Å². The molecule has 0 amide bonds. The molecule has 1 saturated heterocycles. The molecule has 2 heterocycles. The molecule has 3 aromatic rings. The lowest BCUT2D eigenvalue weighted by atomic mass is 10.1. The highest BCUT2D eigenvalue weighted by atomic mass is 35.5. The van der Waals surface area contributed by atoms with E-state index in [2.05, 4.69) is 15.9 Å². The number of hydrogen-bond donors (Lipinski definition) is 0. The minimum atomic E-state index is 0.670. The van der Waals surface area contributed by atoms with Crippen molar-refractivity contribution < 1.29 is 14.2 Å². The van der Waals surface area contributed by atoms with Gasteiger partial charge in [-0.15, -0.1) is 0 Å². The molecule has 2 aliphatic heterocycles. The SMILES string of the molecule is COc1ccc(CN2CCN(C3=Nc4ccccc4Oc4ccc(Cl)cc43)CC2)cc1OC. The van der Waals surface area contributed by atoms with Crippen LogP contribution in [-0.4, -0.2) is 56.0 Å². The Hall–Kier alpha value is -3.22. The zero-order valence-corrected chi connectivity index (χ0v) is 19.5. The van der Waals surface area contributed by atoms with Crippen molar-refractivity contribution in [2.45, 2.75) is 6.54 Å². The average molecular weight is 464 g/mol. The summed E-state index contributed by atoms with van der Waals surface area (Å²) in [5.41, 5.74) is 2.95. The first-order valence-electron chi connectivity index (χ1n) is 11.0. The van der Waals surface area contributed by atoms with Gasteiger partial charge in [0.25, 0.3) is 0 Å². The van der Waals surface area contributed by atoms with Crippen LogP contribution in [0.4, 0.5) is 5.69 Å². The van der Waals surface area contributed by atoms with Gasteiger partial charge in [-0.25, -0.2) is 4.99 Å². The lowest BCUT2D eigenvalue weighted by molar-refractivity contribution is 0.175. The quantitative estimate of drug-likeness (QED) is 0.521. The van der Waals surface area contributed by atoms with E-state index < -0.39 is 0 Å². The first kappa shape index (κ1) is 21.6. The number of fused-ring (bicyclic) bond motifs is 2. The van der Waals surface area contributed by atoms with E-state index >= 15 is 0 Å². The molecule has 0 atom stereocenters. The number of benzene rings is 3. The van der Waals surface area contributed by atoms with E-state index in [0.29, 0.717) is 5.02 Å². The van der Waals surface area contributed by atoms with Crippen LogP contribution in [0.3, 0.4) is 0 Å². The van der Waals surface area contributed by atoms with Gasteiger partial charge in [0.05, 0.1) is 19.8 Å². The summed E-state index contributed by atoms with van der Waals surface area (Å²) in [6.07, 6.45) is 0.